The molecule has 0 aliphatic rings. The first-order valence-electron chi connectivity index (χ1n) is 6.12. The first-order chi connectivity index (χ1) is 9.19. The normalized spacial score (nSPS) is 10.7. The maximum absolute atomic E-state index is 11.7. The summed E-state index contributed by atoms with van der Waals surface area (Å²) in [6, 6.07) is 0. The summed E-state index contributed by atoms with van der Waals surface area (Å²) < 4.78 is 5.04. The molecule has 0 heterocycles. The molecule has 9 nitrogen and oxygen atoms in total. The fraction of sp³-hybridized carbons (Fsp3) is 0.727. The van der Waals surface area contributed by atoms with Gasteiger partial charge < -0.3 is 15.8 Å². The van der Waals surface area contributed by atoms with Crippen LogP contribution in [0, 0.1) is 0 Å². The molecule has 0 saturated heterocycles. The number of hydroxylamine groups is 1. The van der Waals surface area contributed by atoms with Gasteiger partial charge in [0.15, 0.2) is 0 Å². The average Bonchev–Trinajstić information content (AvgIpc) is 2.33. The third-order valence-electron chi connectivity index (χ3n) is 1.68. The predicted octanol–water partition coefficient (Wildman–Crippen LogP) is -0.719. The molecule has 20 heavy (non-hydrogen) atoms. The standard InChI is InChI=1S/C11H22N4O5/c1-5-19-15(10(18)20-11(2,3)4)14-9(17)7-13-8(16)6-12/h5-7,12H2,1-4H3,(H,13,16)(H,14,17). The molecular weight excluding hydrogens is 268 g/mol. The highest BCUT2D eigenvalue weighted by molar-refractivity contribution is 5.86. The minimum atomic E-state index is -0.863. The van der Waals surface area contributed by atoms with Crippen molar-refractivity contribution in [3.8, 4) is 0 Å². The molecule has 0 rings (SSSR count). The van der Waals surface area contributed by atoms with E-state index in [1.54, 1.807) is 27.7 Å². The van der Waals surface area contributed by atoms with Gasteiger partial charge in [0, 0.05) is 0 Å². The lowest BCUT2D eigenvalue weighted by Crippen LogP contribution is -2.51. The van der Waals surface area contributed by atoms with Crippen LogP contribution in [0.15, 0.2) is 0 Å². The molecule has 0 aromatic heterocycles. The molecule has 4 N–H and O–H groups in total. The molecule has 0 spiro atoms. The highest BCUT2D eigenvalue weighted by atomic mass is 16.8. The smallest absolute Gasteiger partial charge is 0.441 e. The quantitative estimate of drug-likeness (QED) is 0.574. The van der Waals surface area contributed by atoms with Crippen molar-refractivity contribution >= 4 is 17.9 Å². The van der Waals surface area contributed by atoms with Crippen molar-refractivity contribution in [3.05, 3.63) is 0 Å². The Kier molecular flexibility index (Phi) is 7.55. The zero-order chi connectivity index (χ0) is 15.8. The molecule has 0 fully saturated rings. The van der Waals surface area contributed by atoms with E-state index in [2.05, 4.69) is 10.7 Å². The van der Waals surface area contributed by atoms with Gasteiger partial charge in [0.1, 0.15) is 5.60 Å². The molecular formula is C11H22N4O5. The Bertz CT molecular complexity index is 353. The average molecular weight is 290 g/mol. The van der Waals surface area contributed by atoms with Crippen molar-refractivity contribution in [2.24, 2.45) is 5.73 Å². The van der Waals surface area contributed by atoms with E-state index in [0.717, 1.165) is 0 Å². The van der Waals surface area contributed by atoms with Crippen LogP contribution in [0.25, 0.3) is 0 Å². The second-order valence-corrected chi connectivity index (χ2v) is 4.71. The number of carbonyl (C=O) groups excluding carboxylic acids is 3. The zero-order valence-corrected chi connectivity index (χ0v) is 12.2. The molecule has 0 aromatic rings. The minimum Gasteiger partial charge on any atom is -0.441 e. The molecule has 0 unspecified atom stereocenters. The summed E-state index contributed by atoms with van der Waals surface area (Å²) in [5.41, 5.74) is 6.50. The van der Waals surface area contributed by atoms with Crippen molar-refractivity contribution in [3.63, 3.8) is 0 Å². The van der Waals surface area contributed by atoms with Gasteiger partial charge in [-0.1, -0.05) is 5.17 Å². The second kappa shape index (κ2) is 8.33. The Morgan fingerprint density at radius 2 is 1.80 bits per heavy atom. The first-order valence-corrected chi connectivity index (χ1v) is 6.12. The van der Waals surface area contributed by atoms with Gasteiger partial charge in [0.25, 0.3) is 5.91 Å². The lowest BCUT2D eigenvalue weighted by Gasteiger charge is -2.26. The summed E-state index contributed by atoms with van der Waals surface area (Å²) in [4.78, 5) is 39.1. The maximum atomic E-state index is 11.7. The van der Waals surface area contributed by atoms with Gasteiger partial charge in [-0.15, -0.1) is 0 Å². The number of nitrogens with two attached hydrogens (primary N) is 1. The van der Waals surface area contributed by atoms with Gasteiger partial charge in [0.05, 0.1) is 19.7 Å². The molecule has 0 aliphatic heterocycles. The number of hydrazine groups is 1. The molecule has 116 valence electrons. The number of nitrogens with zero attached hydrogens (tertiary/aromatic N) is 1. The molecule has 0 aromatic carbocycles. The number of ether oxygens (including phenoxy) is 1. The van der Waals surface area contributed by atoms with Crippen molar-refractivity contribution in [2.75, 3.05) is 19.7 Å². The molecule has 0 radical (unpaired) electrons. The fourth-order valence-corrected chi connectivity index (χ4v) is 0.967. The van der Waals surface area contributed by atoms with Crippen LogP contribution in [0.2, 0.25) is 0 Å². The summed E-state index contributed by atoms with van der Waals surface area (Å²) in [6.07, 6.45) is -0.863. The SMILES string of the molecule is CCON(NC(=O)CNC(=O)CN)C(=O)OC(C)(C)C. The molecule has 0 bridgehead atoms. The van der Waals surface area contributed by atoms with E-state index >= 15 is 0 Å². The largest absolute Gasteiger partial charge is 0.454 e. The number of nitrogens with one attached hydrogen (secondary N) is 2. The number of hydrogen-bond donors (Lipinski definition) is 3. The highest BCUT2D eigenvalue weighted by Gasteiger charge is 2.24. The number of rotatable bonds is 5. The van der Waals surface area contributed by atoms with Crippen LogP contribution >= 0.6 is 0 Å². The topological polar surface area (TPSA) is 123 Å². The number of hydrogen-bond acceptors (Lipinski definition) is 6. The van der Waals surface area contributed by atoms with Crippen LogP contribution in [0.3, 0.4) is 0 Å². The van der Waals surface area contributed by atoms with Crippen LogP contribution in [-0.2, 0) is 19.2 Å². The molecule has 0 aliphatic carbocycles. The highest BCUT2D eigenvalue weighted by Crippen LogP contribution is 2.09. The van der Waals surface area contributed by atoms with Crippen LogP contribution in [-0.4, -0.2) is 48.4 Å². The Morgan fingerprint density at radius 3 is 2.25 bits per heavy atom. The Labute approximate surface area is 117 Å². The molecule has 0 saturated carbocycles. The molecule has 3 amide bonds. The summed E-state index contributed by atoms with van der Waals surface area (Å²) in [7, 11) is 0. The Balaban J connectivity index is 4.42. The van der Waals surface area contributed by atoms with Gasteiger partial charge in [-0.2, -0.15) is 0 Å². The van der Waals surface area contributed by atoms with E-state index in [9.17, 15) is 14.4 Å². The fourth-order valence-electron chi connectivity index (χ4n) is 0.967. The van der Waals surface area contributed by atoms with E-state index in [1.807, 2.05) is 0 Å². The van der Waals surface area contributed by atoms with Gasteiger partial charge in [0.2, 0.25) is 5.91 Å². The summed E-state index contributed by atoms with van der Waals surface area (Å²) in [5, 5.41) is 2.84. The maximum Gasteiger partial charge on any atom is 0.454 e. The Morgan fingerprint density at radius 1 is 1.20 bits per heavy atom. The van der Waals surface area contributed by atoms with E-state index in [0.29, 0.717) is 5.17 Å². The van der Waals surface area contributed by atoms with Crippen LogP contribution < -0.4 is 16.5 Å². The van der Waals surface area contributed by atoms with E-state index in [4.69, 9.17) is 15.3 Å². The van der Waals surface area contributed by atoms with E-state index in [-0.39, 0.29) is 19.7 Å². The second-order valence-electron chi connectivity index (χ2n) is 4.71. The van der Waals surface area contributed by atoms with Crippen LogP contribution in [0.4, 0.5) is 4.79 Å². The number of carbonyl (C=O) groups is 3. The van der Waals surface area contributed by atoms with E-state index in [1.165, 1.54) is 0 Å². The first kappa shape index (κ1) is 18.1. The van der Waals surface area contributed by atoms with Gasteiger partial charge in [-0.3, -0.25) is 9.59 Å². The lowest BCUT2D eigenvalue weighted by molar-refractivity contribution is -0.182. The van der Waals surface area contributed by atoms with Crippen molar-refractivity contribution in [1.82, 2.24) is 15.9 Å². The molecule has 0 atom stereocenters. The van der Waals surface area contributed by atoms with Crippen molar-refractivity contribution in [1.29, 1.82) is 0 Å². The van der Waals surface area contributed by atoms with Crippen LogP contribution in [0.1, 0.15) is 27.7 Å². The van der Waals surface area contributed by atoms with E-state index < -0.39 is 23.5 Å². The van der Waals surface area contributed by atoms with Crippen LogP contribution in [0.5, 0.6) is 0 Å². The molecule has 9 heteroatoms. The van der Waals surface area contributed by atoms with Gasteiger partial charge in [-0.25, -0.2) is 15.1 Å². The zero-order valence-electron chi connectivity index (χ0n) is 12.2. The van der Waals surface area contributed by atoms with Crippen molar-refractivity contribution < 1.29 is 24.0 Å². The lowest BCUT2D eigenvalue weighted by atomic mass is 10.2. The third-order valence-corrected chi connectivity index (χ3v) is 1.68. The summed E-state index contributed by atoms with van der Waals surface area (Å²) >= 11 is 0. The summed E-state index contributed by atoms with van der Waals surface area (Å²) in [5.74, 6) is -1.13. The third kappa shape index (κ3) is 8.27. The monoisotopic (exact) mass is 290 g/mol. The van der Waals surface area contributed by atoms with Crippen molar-refractivity contribution in [2.45, 2.75) is 33.3 Å². The Hall–Kier alpha value is -1.87. The minimum absolute atomic E-state index is 0.148. The van der Waals surface area contributed by atoms with Gasteiger partial charge in [-0.05, 0) is 27.7 Å². The predicted molar refractivity (Wildman–Crippen MR) is 69.9 cm³/mol. The number of amides is 3. The van der Waals surface area contributed by atoms with Gasteiger partial charge >= 0.3 is 6.09 Å². The summed E-state index contributed by atoms with van der Waals surface area (Å²) in [6.45, 7) is 6.26.